The average molecular weight is 171 g/mol. The van der Waals surface area contributed by atoms with E-state index in [0.29, 0.717) is 0 Å². The maximum absolute atomic E-state index is 10.4. The molecule has 0 aromatic heterocycles. The van der Waals surface area contributed by atoms with Crippen LogP contribution in [0.3, 0.4) is 0 Å². The summed E-state index contributed by atoms with van der Waals surface area (Å²) in [5, 5.41) is 12.0. The van der Waals surface area contributed by atoms with Gasteiger partial charge < -0.3 is 0 Å². The molecule has 3 nitrogen and oxygen atoms in total. The molecule has 2 rings (SSSR count). The molecule has 0 amide bonds. The SMILES string of the molecule is O=[N+]([O-])c1ccc2c(c1)=C=CC=C=2. The highest BCUT2D eigenvalue weighted by molar-refractivity contribution is 5.43. The second-order valence-electron chi connectivity index (χ2n) is 2.61. The molecule has 0 aliphatic heterocycles. The van der Waals surface area contributed by atoms with Crippen LogP contribution in [0.5, 0.6) is 0 Å². The normalized spacial score (nSPS) is 11.4. The van der Waals surface area contributed by atoms with E-state index in [0.717, 1.165) is 10.4 Å². The van der Waals surface area contributed by atoms with Crippen molar-refractivity contribution in [1.29, 1.82) is 0 Å². The first-order chi connectivity index (χ1) is 6.27. The minimum atomic E-state index is -0.416. The second kappa shape index (κ2) is 2.76. The van der Waals surface area contributed by atoms with Crippen molar-refractivity contribution in [2.24, 2.45) is 0 Å². The van der Waals surface area contributed by atoms with E-state index in [-0.39, 0.29) is 5.69 Å². The van der Waals surface area contributed by atoms with E-state index in [1.807, 2.05) is 0 Å². The van der Waals surface area contributed by atoms with Crippen molar-refractivity contribution in [2.45, 2.75) is 0 Å². The molecule has 1 aromatic rings. The Morgan fingerprint density at radius 3 is 2.54 bits per heavy atom. The van der Waals surface area contributed by atoms with Crippen LogP contribution in [0.25, 0.3) is 11.5 Å². The van der Waals surface area contributed by atoms with Gasteiger partial charge in [0.25, 0.3) is 5.69 Å². The Morgan fingerprint density at radius 2 is 1.85 bits per heavy atom. The molecule has 0 atom stereocenters. The second-order valence-corrected chi connectivity index (χ2v) is 2.61. The molecule has 1 aliphatic rings. The number of hydrogen-bond acceptors (Lipinski definition) is 2. The molecule has 0 spiro atoms. The standard InChI is InChI=1S/C10H5NO2/c12-11(13)10-6-5-8-3-1-2-4-9(8)7-10/h1-2,5-7H. The molecule has 13 heavy (non-hydrogen) atoms. The van der Waals surface area contributed by atoms with Gasteiger partial charge in [0, 0.05) is 22.6 Å². The Kier molecular flexibility index (Phi) is 1.60. The highest BCUT2D eigenvalue weighted by Crippen LogP contribution is 2.02. The molecule has 0 bridgehead atoms. The molecule has 0 fully saturated rings. The minimum absolute atomic E-state index is 0.0864. The van der Waals surface area contributed by atoms with E-state index in [9.17, 15) is 10.1 Å². The van der Waals surface area contributed by atoms with Gasteiger partial charge in [-0.3, -0.25) is 10.1 Å². The highest BCUT2D eigenvalue weighted by Gasteiger charge is 2.03. The van der Waals surface area contributed by atoms with Crippen LogP contribution in [0, 0.1) is 10.1 Å². The first-order valence-electron chi connectivity index (χ1n) is 3.74. The highest BCUT2D eigenvalue weighted by atomic mass is 16.6. The molecule has 0 saturated carbocycles. The van der Waals surface area contributed by atoms with Crippen molar-refractivity contribution in [3.63, 3.8) is 0 Å². The number of hydrogen-bond donors (Lipinski definition) is 0. The third kappa shape index (κ3) is 1.30. The third-order valence-electron chi connectivity index (χ3n) is 1.77. The van der Waals surface area contributed by atoms with Gasteiger partial charge in [-0.1, -0.05) is 0 Å². The molecule has 0 radical (unpaired) electrons. The topological polar surface area (TPSA) is 43.1 Å². The first-order valence-corrected chi connectivity index (χ1v) is 3.74. The lowest BCUT2D eigenvalue weighted by Gasteiger charge is -1.90. The van der Waals surface area contributed by atoms with Crippen molar-refractivity contribution in [3.8, 4) is 0 Å². The van der Waals surface area contributed by atoms with Crippen molar-refractivity contribution in [1.82, 2.24) is 0 Å². The van der Waals surface area contributed by atoms with Crippen LogP contribution >= 0.6 is 0 Å². The fraction of sp³-hybridized carbons (Fsp3) is 0. The number of rotatable bonds is 1. The monoisotopic (exact) mass is 171 g/mol. The number of nitro benzene ring substituents is 1. The summed E-state index contributed by atoms with van der Waals surface area (Å²) in [4.78, 5) is 10.0. The summed E-state index contributed by atoms with van der Waals surface area (Å²) in [5.74, 6) is 0. The number of nitrogens with zero attached hydrogens (tertiary/aromatic N) is 1. The molecule has 0 N–H and O–H groups in total. The molecule has 0 saturated heterocycles. The smallest absolute Gasteiger partial charge is 0.258 e. The quantitative estimate of drug-likeness (QED) is 0.455. The van der Waals surface area contributed by atoms with Crippen LogP contribution < -0.4 is 10.4 Å². The summed E-state index contributed by atoms with van der Waals surface area (Å²) < 4.78 is 0. The van der Waals surface area contributed by atoms with E-state index in [1.165, 1.54) is 12.1 Å². The maximum Gasteiger partial charge on any atom is 0.270 e. The molecule has 0 unspecified atom stereocenters. The molecule has 1 aliphatic carbocycles. The minimum Gasteiger partial charge on any atom is -0.258 e. The summed E-state index contributed by atoms with van der Waals surface area (Å²) in [7, 11) is 0. The van der Waals surface area contributed by atoms with Gasteiger partial charge in [-0.05, 0) is 18.2 Å². The van der Waals surface area contributed by atoms with Crippen LogP contribution in [0.15, 0.2) is 30.4 Å². The molecular formula is C10H5NO2. The van der Waals surface area contributed by atoms with Crippen LogP contribution in [0.2, 0.25) is 0 Å². The number of nitro groups is 1. The van der Waals surface area contributed by atoms with Crippen molar-refractivity contribution in [3.05, 3.63) is 50.9 Å². The maximum atomic E-state index is 10.4. The molecular weight excluding hydrogens is 166 g/mol. The number of benzene rings is 1. The molecule has 62 valence electrons. The fourth-order valence-corrected chi connectivity index (χ4v) is 1.15. The zero-order valence-corrected chi connectivity index (χ0v) is 6.65. The summed E-state index contributed by atoms with van der Waals surface area (Å²) >= 11 is 0. The summed E-state index contributed by atoms with van der Waals surface area (Å²) in [6.45, 7) is 0. The first kappa shape index (κ1) is 7.56. The Hall–Kier alpha value is -2.08. The lowest BCUT2D eigenvalue weighted by molar-refractivity contribution is -0.385. The molecule has 3 heteroatoms. The van der Waals surface area contributed by atoms with Gasteiger partial charge in [0.1, 0.15) is 0 Å². The van der Waals surface area contributed by atoms with Crippen LogP contribution in [-0.4, -0.2) is 4.92 Å². The Bertz CT molecular complexity index is 559. The van der Waals surface area contributed by atoms with Crippen molar-refractivity contribution >= 4 is 17.1 Å². The predicted molar refractivity (Wildman–Crippen MR) is 48.3 cm³/mol. The van der Waals surface area contributed by atoms with Gasteiger partial charge in [0.05, 0.1) is 4.92 Å². The van der Waals surface area contributed by atoms with Crippen LogP contribution in [-0.2, 0) is 0 Å². The summed E-state index contributed by atoms with van der Waals surface area (Å²) in [6.07, 6.45) is 3.42. The number of fused-ring (bicyclic) bond motifs is 1. The van der Waals surface area contributed by atoms with Gasteiger partial charge in [-0.15, -0.1) is 11.5 Å². The van der Waals surface area contributed by atoms with Crippen molar-refractivity contribution in [2.75, 3.05) is 0 Å². The number of allylic oxidation sites excluding steroid dienone is 2. The largest absolute Gasteiger partial charge is 0.270 e. The van der Waals surface area contributed by atoms with Crippen LogP contribution in [0.1, 0.15) is 0 Å². The zero-order chi connectivity index (χ0) is 9.26. The van der Waals surface area contributed by atoms with Gasteiger partial charge >= 0.3 is 0 Å². The number of non-ortho nitro benzene ring substituents is 1. The van der Waals surface area contributed by atoms with E-state index in [1.54, 1.807) is 18.2 Å². The Balaban J connectivity index is 2.84. The Labute approximate surface area is 73.8 Å². The molecule has 1 aromatic carbocycles. The van der Waals surface area contributed by atoms with Crippen molar-refractivity contribution < 1.29 is 4.92 Å². The third-order valence-corrected chi connectivity index (χ3v) is 1.77. The van der Waals surface area contributed by atoms with E-state index < -0.39 is 4.92 Å². The summed E-state index contributed by atoms with van der Waals surface area (Å²) in [6, 6.07) is 4.63. The van der Waals surface area contributed by atoms with Crippen LogP contribution in [0.4, 0.5) is 5.69 Å². The fourth-order valence-electron chi connectivity index (χ4n) is 1.15. The van der Waals surface area contributed by atoms with E-state index in [4.69, 9.17) is 0 Å². The van der Waals surface area contributed by atoms with E-state index >= 15 is 0 Å². The Morgan fingerprint density at radius 1 is 1.15 bits per heavy atom. The predicted octanol–water partition coefficient (Wildman–Crippen LogP) is 0.480. The van der Waals surface area contributed by atoms with Gasteiger partial charge in [0.15, 0.2) is 0 Å². The lowest BCUT2D eigenvalue weighted by Crippen LogP contribution is -2.23. The molecule has 0 heterocycles. The van der Waals surface area contributed by atoms with Gasteiger partial charge in [0.2, 0.25) is 0 Å². The average Bonchev–Trinajstić information content (AvgIpc) is 2.17. The van der Waals surface area contributed by atoms with Gasteiger partial charge in [-0.25, -0.2) is 0 Å². The van der Waals surface area contributed by atoms with Gasteiger partial charge in [-0.2, -0.15) is 0 Å². The zero-order valence-electron chi connectivity index (χ0n) is 6.65. The van der Waals surface area contributed by atoms with E-state index in [2.05, 4.69) is 11.5 Å². The summed E-state index contributed by atoms with van der Waals surface area (Å²) in [5.41, 5.74) is 5.96. The lowest BCUT2D eigenvalue weighted by atomic mass is 10.2.